The molecule has 124 valence electrons. The first-order valence-corrected chi connectivity index (χ1v) is 7.66. The second-order valence-electron chi connectivity index (χ2n) is 6.02. The molecule has 2 aromatic rings. The van der Waals surface area contributed by atoms with Crippen LogP contribution in [0.15, 0.2) is 29.1 Å². The average molecular weight is 325 g/mol. The van der Waals surface area contributed by atoms with Gasteiger partial charge >= 0.3 is 6.18 Å². The number of hydrogen-bond acceptors (Lipinski definition) is 3. The van der Waals surface area contributed by atoms with Crippen LogP contribution in [-0.4, -0.2) is 34.1 Å². The van der Waals surface area contributed by atoms with Gasteiger partial charge in [0.1, 0.15) is 5.82 Å². The van der Waals surface area contributed by atoms with E-state index in [-0.39, 0.29) is 24.6 Å². The molecule has 0 saturated carbocycles. The largest absolute Gasteiger partial charge is 0.393 e. The van der Waals surface area contributed by atoms with Gasteiger partial charge in [0.2, 0.25) is 0 Å². The first-order chi connectivity index (χ1) is 10.9. The van der Waals surface area contributed by atoms with Crippen molar-refractivity contribution >= 4 is 10.9 Å². The molecule has 23 heavy (non-hydrogen) atoms. The van der Waals surface area contributed by atoms with Crippen molar-refractivity contribution in [1.82, 2.24) is 14.9 Å². The van der Waals surface area contributed by atoms with E-state index in [4.69, 9.17) is 0 Å². The summed E-state index contributed by atoms with van der Waals surface area (Å²) in [5, 5.41) is 0.482. The number of H-pyrrole nitrogens is 1. The Bertz CT molecular complexity index is 756. The van der Waals surface area contributed by atoms with Gasteiger partial charge in [-0.1, -0.05) is 12.1 Å². The first kappa shape index (κ1) is 16.0. The van der Waals surface area contributed by atoms with Crippen LogP contribution in [0.3, 0.4) is 0 Å². The number of fused-ring (bicyclic) bond motifs is 1. The van der Waals surface area contributed by atoms with E-state index in [9.17, 15) is 18.0 Å². The van der Waals surface area contributed by atoms with Crippen LogP contribution in [0.25, 0.3) is 10.9 Å². The number of halogens is 3. The summed E-state index contributed by atoms with van der Waals surface area (Å²) in [5.74, 6) is -0.901. The van der Waals surface area contributed by atoms with Crippen molar-refractivity contribution in [3.05, 3.63) is 40.4 Å². The topological polar surface area (TPSA) is 49.0 Å². The number of aromatic amines is 1. The number of alkyl halides is 3. The van der Waals surface area contributed by atoms with E-state index >= 15 is 0 Å². The van der Waals surface area contributed by atoms with Gasteiger partial charge in [0.25, 0.3) is 5.56 Å². The molecular weight excluding hydrogens is 307 g/mol. The number of likely N-dealkylation sites (tertiary alicyclic amines) is 1. The molecule has 2 heterocycles. The Labute approximate surface area is 131 Å². The maximum absolute atomic E-state index is 13.0. The molecule has 7 heteroatoms. The van der Waals surface area contributed by atoms with Crippen LogP contribution in [0.2, 0.25) is 0 Å². The lowest BCUT2D eigenvalue weighted by Crippen LogP contribution is -2.43. The Morgan fingerprint density at radius 1 is 1.35 bits per heavy atom. The molecule has 3 rings (SSSR count). The zero-order chi connectivity index (χ0) is 16.6. The zero-order valence-electron chi connectivity index (χ0n) is 12.7. The zero-order valence-corrected chi connectivity index (χ0v) is 12.7. The quantitative estimate of drug-likeness (QED) is 0.922. The van der Waals surface area contributed by atoms with Crippen molar-refractivity contribution in [2.45, 2.75) is 32.0 Å². The average Bonchev–Trinajstić information content (AvgIpc) is 2.53. The SMILES string of the molecule is C[C@H](c1nc2ccccc2c(=O)[nH]1)N1CCC[C@@H](C(F)(F)F)C1. The minimum absolute atomic E-state index is 0.0544. The van der Waals surface area contributed by atoms with Gasteiger partial charge in [-0.05, 0) is 38.4 Å². The third-order valence-electron chi connectivity index (χ3n) is 4.49. The number of nitrogens with one attached hydrogen (secondary N) is 1. The summed E-state index contributed by atoms with van der Waals surface area (Å²) in [4.78, 5) is 21.0. The predicted molar refractivity (Wildman–Crippen MR) is 81.1 cm³/mol. The molecule has 1 aromatic carbocycles. The molecule has 1 saturated heterocycles. The highest BCUT2D eigenvalue weighted by atomic mass is 19.4. The first-order valence-electron chi connectivity index (χ1n) is 7.66. The number of piperidine rings is 1. The number of para-hydroxylation sites is 1. The number of aromatic nitrogens is 2. The standard InChI is InChI=1S/C16H18F3N3O/c1-10(22-8-4-5-11(9-22)16(17,18)19)14-20-13-7-3-2-6-12(13)15(23)21-14/h2-3,6-7,10-11H,4-5,8-9H2,1H3,(H,20,21,23)/t10-,11-/m1/s1. The lowest BCUT2D eigenvalue weighted by Gasteiger charge is -2.36. The highest BCUT2D eigenvalue weighted by Crippen LogP contribution is 2.35. The molecule has 0 spiro atoms. The fraction of sp³-hybridized carbons (Fsp3) is 0.500. The van der Waals surface area contributed by atoms with E-state index in [0.29, 0.717) is 29.7 Å². The lowest BCUT2D eigenvalue weighted by molar-refractivity contribution is -0.188. The normalized spacial score (nSPS) is 21.5. The maximum Gasteiger partial charge on any atom is 0.393 e. The summed E-state index contributed by atoms with van der Waals surface area (Å²) >= 11 is 0. The van der Waals surface area contributed by atoms with Gasteiger partial charge in [-0.15, -0.1) is 0 Å². The minimum atomic E-state index is -4.18. The number of nitrogens with zero attached hydrogens (tertiary/aromatic N) is 2. The van der Waals surface area contributed by atoms with Crippen molar-refractivity contribution in [2.75, 3.05) is 13.1 Å². The Balaban J connectivity index is 1.88. The van der Waals surface area contributed by atoms with Crippen LogP contribution in [0, 0.1) is 5.92 Å². The summed E-state index contributed by atoms with van der Waals surface area (Å²) in [6, 6.07) is 6.58. The third-order valence-corrected chi connectivity index (χ3v) is 4.49. The summed E-state index contributed by atoms with van der Waals surface area (Å²) in [7, 11) is 0. The number of benzene rings is 1. The van der Waals surface area contributed by atoms with Gasteiger partial charge in [-0.2, -0.15) is 13.2 Å². The molecule has 1 aliphatic rings. The highest BCUT2D eigenvalue weighted by molar-refractivity contribution is 5.77. The van der Waals surface area contributed by atoms with Crippen molar-refractivity contribution in [1.29, 1.82) is 0 Å². The second-order valence-corrected chi connectivity index (χ2v) is 6.02. The summed E-state index contributed by atoms with van der Waals surface area (Å²) in [6.07, 6.45) is -3.52. The van der Waals surface area contributed by atoms with Crippen LogP contribution in [0.1, 0.15) is 31.6 Å². The minimum Gasteiger partial charge on any atom is -0.309 e. The summed E-state index contributed by atoms with van der Waals surface area (Å²) < 4.78 is 38.9. The van der Waals surface area contributed by atoms with Crippen molar-refractivity contribution in [3.8, 4) is 0 Å². The molecule has 2 atom stereocenters. The molecule has 1 aliphatic heterocycles. The van der Waals surface area contributed by atoms with Crippen LogP contribution >= 0.6 is 0 Å². The highest BCUT2D eigenvalue weighted by Gasteiger charge is 2.42. The van der Waals surface area contributed by atoms with Crippen LogP contribution < -0.4 is 5.56 Å². The third kappa shape index (κ3) is 3.24. The fourth-order valence-electron chi connectivity index (χ4n) is 3.10. The van der Waals surface area contributed by atoms with Crippen LogP contribution in [0.5, 0.6) is 0 Å². The van der Waals surface area contributed by atoms with Crippen LogP contribution in [0.4, 0.5) is 13.2 Å². The lowest BCUT2D eigenvalue weighted by atomic mass is 9.96. The predicted octanol–water partition coefficient (Wildman–Crippen LogP) is 3.26. The van der Waals surface area contributed by atoms with Crippen molar-refractivity contribution in [2.24, 2.45) is 5.92 Å². The van der Waals surface area contributed by atoms with E-state index in [1.165, 1.54) is 0 Å². The van der Waals surface area contributed by atoms with E-state index in [1.807, 2.05) is 0 Å². The van der Waals surface area contributed by atoms with Gasteiger partial charge in [-0.3, -0.25) is 9.69 Å². The molecule has 0 amide bonds. The van der Waals surface area contributed by atoms with Gasteiger partial charge in [-0.25, -0.2) is 4.98 Å². The van der Waals surface area contributed by atoms with E-state index in [0.717, 1.165) is 0 Å². The van der Waals surface area contributed by atoms with E-state index < -0.39 is 12.1 Å². The van der Waals surface area contributed by atoms with Gasteiger partial charge < -0.3 is 4.98 Å². The van der Waals surface area contributed by atoms with Gasteiger partial charge in [0.05, 0.1) is 22.9 Å². The van der Waals surface area contributed by atoms with E-state index in [2.05, 4.69) is 9.97 Å². The fourth-order valence-corrected chi connectivity index (χ4v) is 3.10. The molecule has 4 nitrogen and oxygen atoms in total. The molecule has 0 unspecified atom stereocenters. The maximum atomic E-state index is 13.0. The molecule has 0 radical (unpaired) electrons. The van der Waals surface area contributed by atoms with Crippen molar-refractivity contribution < 1.29 is 13.2 Å². The Morgan fingerprint density at radius 2 is 2.09 bits per heavy atom. The Kier molecular flexibility index (Phi) is 4.14. The van der Waals surface area contributed by atoms with Crippen LogP contribution in [-0.2, 0) is 0 Å². The summed E-state index contributed by atoms with van der Waals surface area (Å²) in [5.41, 5.74) is 0.296. The smallest absolute Gasteiger partial charge is 0.309 e. The number of hydrogen-bond donors (Lipinski definition) is 1. The molecule has 0 aliphatic carbocycles. The summed E-state index contributed by atoms with van der Waals surface area (Å²) in [6.45, 7) is 2.30. The number of rotatable bonds is 2. The monoisotopic (exact) mass is 325 g/mol. The molecule has 1 N–H and O–H groups in total. The Hall–Kier alpha value is -1.89. The van der Waals surface area contributed by atoms with Crippen molar-refractivity contribution in [3.63, 3.8) is 0 Å². The molecule has 1 aromatic heterocycles. The molecule has 0 bridgehead atoms. The van der Waals surface area contributed by atoms with Gasteiger partial charge in [0, 0.05) is 6.54 Å². The molecular formula is C16H18F3N3O. The Morgan fingerprint density at radius 3 is 2.83 bits per heavy atom. The van der Waals surface area contributed by atoms with Gasteiger partial charge in [0.15, 0.2) is 0 Å². The molecule has 1 fully saturated rings. The van der Waals surface area contributed by atoms with E-state index in [1.54, 1.807) is 36.1 Å². The second kappa shape index (κ2) is 5.96.